The lowest BCUT2D eigenvalue weighted by Gasteiger charge is -2.07. The van der Waals surface area contributed by atoms with Gasteiger partial charge in [-0.2, -0.15) is 0 Å². The van der Waals surface area contributed by atoms with Gasteiger partial charge in [0.05, 0.1) is 0 Å². The number of nitrogens with two attached hydrogens (primary N) is 1. The second-order valence-corrected chi connectivity index (χ2v) is 1.46. The minimum atomic E-state index is -0.894. The zero-order chi connectivity index (χ0) is 6.57. The first-order valence-electron chi connectivity index (χ1n) is 2.38. The monoisotopic (exact) mass is 154 g/mol. The SMILES string of the molecule is CCN(N)CC(=O)O.Cl. The number of likely N-dealkylation sites (N-methyl/N-ethyl adjacent to an activating group) is 1. The van der Waals surface area contributed by atoms with E-state index in [1.54, 1.807) is 6.92 Å². The lowest BCUT2D eigenvalue weighted by atomic mass is 10.6. The summed E-state index contributed by atoms with van der Waals surface area (Å²) in [4.78, 5) is 9.85. The van der Waals surface area contributed by atoms with Crippen LogP contribution < -0.4 is 5.84 Å². The number of hydrazine groups is 1. The summed E-state index contributed by atoms with van der Waals surface area (Å²) in [6.07, 6.45) is 0. The van der Waals surface area contributed by atoms with Crippen molar-refractivity contribution in [2.24, 2.45) is 5.84 Å². The molecule has 0 saturated carbocycles. The van der Waals surface area contributed by atoms with E-state index in [-0.39, 0.29) is 19.0 Å². The van der Waals surface area contributed by atoms with E-state index >= 15 is 0 Å². The number of hydrogen-bond donors (Lipinski definition) is 2. The standard InChI is InChI=1S/C4H10N2O2.ClH/c1-2-6(5)3-4(7)8;/h2-3,5H2,1H3,(H,7,8);1H. The van der Waals surface area contributed by atoms with E-state index in [0.29, 0.717) is 6.54 Å². The van der Waals surface area contributed by atoms with Gasteiger partial charge in [0.1, 0.15) is 6.54 Å². The molecule has 0 fully saturated rings. The van der Waals surface area contributed by atoms with Crippen LogP contribution in [-0.4, -0.2) is 29.2 Å². The normalized spacial score (nSPS) is 8.78. The van der Waals surface area contributed by atoms with Crippen LogP contribution in [0, 0.1) is 0 Å². The quantitative estimate of drug-likeness (QED) is 0.432. The number of carboxylic acids is 1. The Balaban J connectivity index is 0. The molecule has 0 saturated heterocycles. The molecule has 0 radical (unpaired) electrons. The van der Waals surface area contributed by atoms with E-state index in [0.717, 1.165) is 0 Å². The van der Waals surface area contributed by atoms with Crippen molar-refractivity contribution in [3.05, 3.63) is 0 Å². The van der Waals surface area contributed by atoms with Gasteiger partial charge in [-0.15, -0.1) is 12.4 Å². The summed E-state index contributed by atoms with van der Waals surface area (Å²) < 4.78 is 0. The predicted molar refractivity (Wildman–Crippen MR) is 36.3 cm³/mol. The molecule has 4 nitrogen and oxygen atoms in total. The lowest BCUT2D eigenvalue weighted by Crippen LogP contribution is -2.35. The number of carbonyl (C=O) groups is 1. The molecule has 0 unspecified atom stereocenters. The molecule has 0 rings (SSSR count). The van der Waals surface area contributed by atoms with Gasteiger partial charge in [0.2, 0.25) is 0 Å². The number of aliphatic carboxylic acids is 1. The summed E-state index contributed by atoms with van der Waals surface area (Å²) in [5.41, 5.74) is 0. The molecular formula is C4H11ClN2O2. The average Bonchev–Trinajstić information content (AvgIpc) is 1.65. The van der Waals surface area contributed by atoms with E-state index < -0.39 is 5.97 Å². The van der Waals surface area contributed by atoms with Gasteiger partial charge in [0.15, 0.2) is 0 Å². The molecule has 5 heteroatoms. The molecule has 0 bridgehead atoms. The van der Waals surface area contributed by atoms with Crippen molar-refractivity contribution in [3.63, 3.8) is 0 Å². The van der Waals surface area contributed by atoms with Gasteiger partial charge in [-0.05, 0) is 0 Å². The molecule has 9 heavy (non-hydrogen) atoms. The van der Waals surface area contributed by atoms with E-state index in [2.05, 4.69) is 0 Å². The Hall–Kier alpha value is -0.320. The van der Waals surface area contributed by atoms with Crippen LogP contribution in [0.4, 0.5) is 0 Å². The third-order valence-electron chi connectivity index (χ3n) is 0.745. The van der Waals surface area contributed by atoms with Gasteiger partial charge in [-0.3, -0.25) is 10.6 Å². The van der Waals surface area contributed by atoms with Crippen LogP contribution in [0.5, 0.6) is 0 Å². The smallest absolute Gasteiger partial charge is 0.319 e. The number of nitrogens with zero attached hydrogens (tertiary/aromatic N) is 1. The molecule has 0 aliphatic heterocycles. The molecule has 0 aromatic carbocycles. The van der Waals surface area contributed by atoms with Crippen LogP contribution in [-0.2, 0) is 4.79 Å². The van der Waals surface area contributed by atoms with Crippen LogP contribution in [0.2, 0.25) is 0 Å². The highest BCUT2D eigenvalue weighted by molar-refractivity contribution is 5.85. The third kappa shape index (κ3) is 7.68. The molecule has 0 aromatic heterocycles. The fourth-order valence-corrected chi connectivity index (χ4v) is 0.286. The molecular weight excluding hydrogens is 144 g/mol. The number of rotatable bonds is 3. The van der Waals surface area contributed by atoms with Crippen LogP contribution in [0.15, 0.2) is 0 Å². The zero-order valence-corrected chi connectivity index (χ0v) is 6.02. The summed E-state index contributed by atoms with van der Waals surface area (Å²) in [7, 11) is 0. The van der Waals surface area contributed by atoms with E-state index in [1.807, 2.05) is 0 Å². The first-order chi connectivity index (χ1) is 3.66. The van der Waals surface area contributed by atoms with Crippen molar-refractivity contribution >= 4 is 18.4 Å². The largest absolute Gasteiger partial charge is 0.480 e. The predicted octanol–water partition coefficient (Wildman–Crippen LogP) is -0.312. The van der Waals surface area contributed by atoms with E-state index in [9.17, 15) is 4.79 Å². The van der Waals surface area contributed by atoms with Crippen LogP contribution >= 0.6 is 12.4 Å². The van der Waals surface area contributed by atoms with Gasteiger partial charge in [-0.25, -0.2) is 5.01 Å². The van der Waals surface area contributed by atoms with Gasteiger partial charge in [0.25, 0.3) is 0 Å². The number of carboxylic acid groups (broad SMARTS) is 1. The Kier molecular flexibility index (Phi) is 7.41. The summed E-state index contributed by atoms with van der Waals surface area (Å²) >= 11 is 0. The second-order valence-electron chi connectivity index (χ2n) is 1.46. The fourth-order valence-electron chi connectivity index (χ4n) is 0.286. The summed E-state index contributed by atoms with van der Waals surface area (Å²) in [6.45, 7) is 2.27. The summed E-state index contributed by atoms with van der Waals surface area (Å²) in [5, 5.41) is 9.32. The Labute approximate surface area is 60.0 Å². The van der Waals surface area contributed by atoms with Crippen LogP contribution in [0.25, 0.3) is 0 Å². The number of halogens is 1. The van der Waals surface area contributed by atoms with Crippen LogP contribution in [0.3, 0.4) is 0 Å². The highest BCUT2D eigenvalue weighted by atomic mass is 35.5. The maximum Gasteiger partial charge on any atom is 0.319 e. The van der Waals surface area contributed by atoms with Crippen molar-refractivity contribution in [2.75, 3.05) is 13.1 Å². The first-order valence-corrected chi connectivity index (χ1v) is 2.38. The molecule has 0 aliphatic rings. The molecule has 0 aromatic rings. The van der Waals surface area contributed by atoms with Crippen molar-refractivity contribution in [3.8, 4) is 0 Å². The van der Waals surface area contributed by atoms with Crippen molar-refractivity contribution < 1.29 is 9.90 Å². The van der Waals surface area contributed by atoms with Gasteiger partial charge in [-0.1, -0.05) is 6.92 Å². The molecule has 0 heterocycles. The van der Waals surface area contributed by atoms with E-state index in [4.69, 9.17) is 10.9 Å². The number of hydrogen-bond acceptors (Lipinski definition) is 3. The highest BCUT2D eigenvalue weighted by Gasteiger charge is 1.99. The Bertz CT molecular complexity index is 88.6. The highest BCUT2D eigenvalue weighted by Crippen LogP contribution is 1.72. The van der Waals surface area contributed by atoms with Gasteiger partial charge < -0.3 is 5.11 Å². The van der Waals surface area contributed by atoms with Crippen LogP contribution in [0.1, 0.15) is 6.92 Å². The topological polar surface area (TPSA) is 66.6 Å². The molecule has 56 valence electrons. The van der Waals surface area contributed by atoms with Gasteiger partial charge in [0, 0.05) is 6.54 Å². The molecule has 0 spiro atoms. The fraction of sp³-hybridized carbons (Fsp3) is 0.750. The lowest BCUT2D eigenvalue weighted by molar-refractivity contribution is -0.138. The third-order valence-corrected chi connectivity index (χ3v) is 0.745. The maximum absolute atomic E-state index is 9.85. The Morgan fingerprint density at radius 2 is 2.22 bits per heavy atom. The first kappa shape index (κ1) is 11.5. The Morgan fingerprint density at radius 3 is 2.33 bits per heavy atom. The van der Waals surface area contributed by atoms with Crippen molar-refractivity contribution in [1.82, 2.24) is 5.01 Å². The second kappa shape index (κ2) is 5.81. The maximum atomic E-state index is 9.85. The zero-order valence-electron chi connectivity index (χ0n) is 5.20. The van der Waals surface area contributed by atoms with Crippen molar-refractivity contribution in [2.45, 2.75) is 6.92 Å². The average molecular weight is 155 g/mol. The molecule has 0 aliphatic carbocycles. The molecule has 0 atom stereocenters. The van der Waals surface area contributed by atoms with Crippen molar-refractivity contribution in [1.29, 1.82) is 0 Å². The van der Waals surface area contributed by atoms with E-state index in [1.165, 1.54) is 5.01 Å². The minimum absolute atomic E-state index is 0. The molecule has 0 amide bonds. The minimum Gasteiger partial charge on any atom is -0.480 e. The summed E-state index contributed by atoms with van der Waals surface area (Å²) in [6, 6.07) is 0. The van der Waals surface area contributed by atoms with Gasteiger partial charge >= 0.3 is 5.97 Å². The Morgan fingerprint density at radius 1 is 1.78 bits per heavy atom. The molecule has 3 N–H and O–H groups in total. The summed E-state index contributed by atoms with van der Waals surface area (Å²) in [5.74, 6) is 4.23.